The van der Waals surface area contributed by atoms with Crippen LogP contribution in [0.15, 0.2) is 21.9 Å². The zero-order valence-corrected chi connectivity index (χ0v) is 12.5. The third-order valence-electron chi connectivity index (χ3n) is 4.06. The van der Waals surface area contributed by atoms with E-state index in [1.54, 1.807) is 0 Å². The van der Waals surface area contributed by atoms with Crippen LogP contribution in [0.1, 0.15) is 25.5 Å². The third-order valence-corrected chi connectivity index (χ3v) is 4.06. The van der Waals surface area contributed by atoms with Crippen molar-refractivity contribution in [3.05, 3.63) is 33.1 Å². The molecule has 1 aromatic heterocycles. The SMILES string of the molecule is O=c1ccn([C@H]2O[C@@H](CO)C(O)C2OC2CCCCO2)c(=O)[nH]1. The van der Waals surface area contributed by atoms with Crippen molar-refractivity contribution in [2.24, 2.45) is 0 Å². The van der Waals surface area contributed by atoms with Crippen LogP contribution < -0.4 is 11.2 Å². The fraction of sp³-hybridized carbons (Fsp3) is 0.714. The molecule has 9 nitrogen and oxygen atoms in total. The number of nitrogens with zero attached hydrogens (tertiary/aromatic N) is 1. The summed E-state index contributed by atoms with van der Waals surface area (Å²) in [6.45, 7) is 0.155. The number of hydrogen-bond donors (Lipinski definition) is 3. The summed E-state index contributed by atoms with van der Waals surface area (Å²) in [5.41, 5.74) is -1.21. The van der Waals surface area contributed by atoms with Gasteiger partial charge in [0, 0.05) is 18.9 Å². The van der Waals surface area contributed by atoms with E-state index in [9.17, 15) is 19.8 Å². The van der Waals surface area contributed by atoms with Gasteiger partial charge in [-0.2, -0.15) is 0 Å². The zero-order valence-electron chi connectivity index (χ0n) is 12.5. The lowest BCUT2D eigenvalue weighted by atomic mass is 10.1. The van der Waals surface area contributed by atoms with Crippen LogP contribution in [-0.2, 0) is 14.2 Å². The lowest BCUT2D eigenvalue weighted by molar-refractivity contribution is -0.215. The highest BCUT2D eigenvalue weighted by Crippen LogP contribution is 2.32. The molecule has 0 saturated carbocycles. The second-order valence-corrected chi connectivity index (χ2v) is 5.65. The molecular weight excluding hydrogens is 308 g/mol. The molecule has 2 aliphatic rings. The largest absolute Gasteiger partial charge is 0.394 e. The van der Waals surface area contributed by atoms with E-state index in [0.717, 1.165) is 17.4 Å². The van der Waals surface area contributed by atoms with Gasteiger partial charge in [0.1, 0.15) is 18.3 Å². The van der Waals surface area contributed by atoms with Gasteiger partial charge in [0.05, 0.1) is 6.61 Å². The summed E-state index contributed by atoms with van der Waals surface area (Å²) in [7, 11) is 0. The van der Waals surface area contributed by atoms with Crippen LogP contribution in [0.25, 0.3) is 0 Å². The van der Waals surface area contributed by atoms with Crippen LogP contribution in [0, 0.1) is 0 Å². The average molecular weight is 328 g/mol. The molecule has 9 heteroatoms. The van der Waals surface area contributed by atoms with E-state index in [1.807, 2.05) is 0 Å². The Bertz CT molecular complexity index is 637. The average Bonchev–Trinajstić information content (AvgIpc) is 2.85. The lowest BCUT2D eigenvalue weighted by Crippen LogP contribution is -2.42. The van der Waals surface area contributed by atoms with E-state index in [-0.39, 0.29) is 0 Å². The highest BCUT2D eigenvalue weighted by Gasteiger charge is 2.47. The third kappa shape index (κ3) is 3.38. The molecule has 5 atom stereocenters. The molecule has 0 aliphatic carbocycles. The summed E-state index contributed by atoms with van der Waals surface area (Å²) in [6.07, 6.45) is -0.494. The number of rotatable bonds is 4. The number of H-pyrrole nitrogens is 1. The first-order valence-corrected chi connectivity index (χ1v) is 7.63. The van der Waals surface area contributed by atoms with Crippen molar-refractivity contribution >= 4 is 0 Å². The number of aliphatic hydroxyl groups is 2. The standard InChI is InChI=1S/C14H20N2O7/c17-7-8-11(19)12(23-10-3-1-2-6-21-10)13(22-8)16-5-4-9(18)15-14(16)20/h4-5,8,10-13,17,19H,1-3,6-7H2,(H,15,18,20)/t8-,10?,11?,12?,13-/m0/s1. The first kappa shape index (κ1) is 16.3. The van der Waals surface area contributed by atoms with Gasteiger partial charge in [-0.25, -0.2) is 4.79 Å². The Labute approximate surface area is 131 Å². The molecule has 3 heterocycles. The minimum atomic E-state index is -1.12. The zero-order chi connectivity index (χ0) is 16.4. The van der Waals surface area contributed by atoms with E-state index in [2.05, 4.69) is 4.98 Å². The molecule has 2 aliphatic heterocycles. The quantitative estimate of drug-likeness (QED) is 0.627. The molecule has 0 bridgehead atoms. The molecular formula is C14H20N2O7. The van der Waals surface area contributed by atoms with Gasteiger partial charge in [0.25, 0.3) is 5.56 Å². The molecule has 0 amide bonds. The van der Waals surface area contributed by atoms with Gasteiger partial charge in [0.2, 0.25) is 0 Å². The maximum Gasteiger partial charge on any atom is 0.330 e. The van der Waals surface area contributed by atoms with E-state index in [0.29, 0.717) is 13.0 Å². The lowest BCUT2D eigenvalue weighted by Gasteiger charge is -2.29. The molecule has 0 spiro atoms. The highest BCUT2D eigenvalue weighted by atomic mass is 16.7. The number of nitrogens with one attached hydrogen (secondary N) is 1. The van der Waals surface area contributed by atoms with Crippen molar-refractivity contribution in [2.75, 3.05) is 13.2 Å². The van der Waals surface area contributed by atoms with Gasteiger partial charge in [-0.3, -0.25) is 14.3 Å². The van der Waals surface area contributed by atoms with Crippen molar-refractivity contribution in [1.82, 2.24) is 9.55 Å². The Morgan fingerprint density at radius 2 is 2.22 bits per heavy atom. The molecule has 1 aromatic rings. The van der Waals surface area contributed by atoms with Gasteiger partial charge in [-0.15, -0.1) is 0 Å². The maximum atomic E-state index is 12.0. The maximum absolute atomic E-state index is 12.0. The number of aromatic nitrogens is 2. The summed E-state index contributed by atoms with van der Waals surface area (Å²) in [4.78, 5) is 25.3. The number of aliphatic hydroxyl groups excluding tert-OH is 2. The molecule has 3 rings (SSSR count). The van der Waals surface area contributed by atoms with E-state index < -0.39 is 48.7 Å². The monoisotopic (exact) mass is 328 g/mol. The van der Waals surface area contributed by atoms with E-state index >= 15 is 0 Å². The van der Waals surface area contributed by atoms with Crippen LogP contribution in [-0.4, -0.2) is 57.6 Å². The van der Waals surface area contributed by atoms with E-state index in [4.69, 9.17) is 14.2 Å². The number of ether oxygens (including phenoxy) is 3. The normalized spacial score (nSPS) is 34.6. The van der Waals surface area contributed by atoms with Crippen molar-refractivity contribution in [1.29, 1.82) is 0 Å². The second kappa shape index (κ2) is 6.93. The van der Waals surface area contributed by atoms with Gasteiger partial charge in [0.15, 0.2) is 12.5 Å². The molecule has 23 heavy (non-hydrogen) atoms. The molecule has 3 unspecified atom stereocenters. The number of aromatic amines is 1. The summed E-state index contributed by atoms with van der Waals surface area (Å²) in [5, 5.41) is 19.6. The van der Waals surface area contributed by atoms with Crippen molar-refractivity contribution in [3.63, 3.8) is 0 Å². The fourth-order valence-electron chi connectivity index (χ4n) is 2.86. The van der Waals surface area contributed by atoms with Gasteiger partial charge in [-0.1, -0.05) is 0 Å². The first-order valence-electron chi connectivity index (χ1n) is 7.63. The topological polar surface area (TPSA) is 123 Å². The minimum Gasteiger partial charge on any atom is -0.394 e. The summed E-state index contributed by atoms with van der Waals surface area (Å²) >= 11 is 0. The summed E-state index contributed by atoms with van der Waals surface area (Å²) in [5.74, 6) is 0. The van der Waals surface area contributed by atoms with Crippen molar-refractivity contribution in [3.8, 4) is 0 Å². The first-order chi connectivity index (χ1) is 11.1. The molecule has 3 N–H and O–H groups in total. The smallest absolute Gasteiger partial charge is 0.330 e. The van der Waals surface area contributed by atoms with Crippen LogP contribution >= 0.6 is 0 Å². The van der Waals surface area contributed by atoms with Gasteiger partial charge < -0.3 is 24.4 Å². The fourth-order valence-corrected chi connectivity index (χ4v) is 2.86. The number of hydrogen-bond acceptors (Lipinski definition) is 7. The van der Waals surface area contributed by atoms with Crippen LogP contribution in [0.2, 0.25) is 0 Å². The Kier molecular flexibility index (Phi) is 4.93. The highest BCUT2D eigenvalue weighted by molar-refractivity contribution is 4.94. The predicted octanol–water partition coefficient (Wildman–Crippen LogP) is -1.30. The van der Waals surface area contributed by atoms with Crippen LogP contribution in [0.4, 0.5) is 0 Å². The van der Waals surface area contributed by atoms with Crippen molar-refractivity contribution in [2.45, 2.75) is 50.1 Å². The molecule has 2 fully saturated rings. The van der Waals surface area contributed by atoms with Gasteiger partial charge >= 0.3 is 5.69 Å². The minimum absolute atomic E-state index is 0.416. The Morgan fingerprint density at radius 3 is 2.87 bits per heavy atom. The van der Waals surface area contributed by atoms with Gasteiger partial charge in [-0.05, 0) is 19.3 Å². The summed E-state index contributed by atoms with van der Waals surface area (Å²) in [6, 6.07) is 1.18. The second-order valence-electron chi connectivity index (χ2n) is 5.65. The van der Waals surface area contributed by atoms with Crippen molar-refractivity contribution < 1.29 is 24.4 Å². The Hall–Kier alpha value is -1.52. The van der Waals surface area contributed by atoms with Crippen LogP contribution in [0.3, 0.4) is 0 Å². The Morgan fingerprint density at radius 1 is 1.39 bits per heavy atom. The summed E-state index contributed by atoms with van der Waals surface area (Å²) < 4.78 is 18.0. The molecule has 0 radical (unpaired) electrons. The Balaban J connectivity index is 1.85. The van der Waals surface area contributed by atoms with E-state index in [1.165, 1.54) is 12.3 Å². The molecule has 2 saturated heterocycles. The molecule has 0 aromatic carbocycles. The predicted molar refractivity (Wildman–Crippen MR) is 76.8 cm³/mol. The molecule has 128 valence electrons. The van der Waals surface area contributed by atoms with Crippen LogP contribution in [0.5, 0.6) is 0 Å².